The van der Waals surface area contributed by atoms with Gasteiger partial charge in [0.05, 0.1) is 11.2 Å². The average Bonchev–Trinajstić information content (AvgIpc) is 2.54. The lowest BCUT2D eigenvalue weighted by molar-refractivity contribution is -0.157. The first-order valence-corrected chi connectivity index (χ1v) is 8.56. The monoisotopic (exact) mass is 436 g/mol. The fraction of sp³-hybridized carbons (Fsp3) is 0.389. The summed E-state index contributed by atoms with van der Waals surface area (Å²) in [4.78, 5) is 27.5. The first kappa shape index (κ1) is 22.7. The molecule has 0 saturated carbocycles. The molecule has 0 saturated heterocycles. The molecule has 0 unspecified atom stereocenters. The van der Waals surface area contributed by atoms with Crippen LogP contribution in [0.15, 0.2) is 23.1 Å². The summed E-state index contributed by atoms with van der Waals surface area (Å²) in [5.74, 6) is -1.88. The van der Waals surface area contributed by atoms with Gasteiger partial charge in [-0.15, -0.1) is 0 Å². The second-order valence-electron chi connectivity index (χ2n) is 6.99. The Labute approximate surface area is 168 Å². The third-order valence-electron chi connectivity index (χ3n) is 3.52. The summed E-state index contributed by atoms with van der Waals surface area (Å²) < 4.78 is 63.6. The van der Waals surface area contributed by atoms with Crippen LogP contribution in [-0.2, 0) is 22.8 Å². The lowest BCUT2D eigenvalue weighted by Gasteiger charge is -2.19. The van der Waals surface area contributed by atoms with Crippen molar-refractivity contribution in [2.75, 3.05) is 6.61 Å². The number of benzene rings is 1. The molecule has 158 valence electrons. The molecule has 0 aliphatic carbocycles. The van der Waals surface area contributed by atoms with Crippen molar-refractivity contribution in [1.82, 2.24) is 9.55 Å². The van der Waals surface area contributed by atoms with Crippen molar-refractivity contribution < 1.29 is 31.8 Å². The van der Waals surface area contributed by atoms with Crippen LogP contribution in [0.5, 0.6) is 5.75 Å². The van der Waals surface area contributed by atoms with E-state index in [1.165, 1.54) is 0 Å². The quantitative estimate of drug-likeness (QED) is 0.535. The first-order valence-electron chi connectivity index (χ1n) is 8.18. The van der Waals surface area contributed by atoms with Crippen molar-refractivity contribution in [3.05, 3.63) is 45.2 Å². The highest BCUT2D eigenvalue weighted by Crippen LogP contribution is 2.33. The Morgan fingerprint density at radius 1 is 1.24 bits per heavy atom. The normalized spacial score (nSPS) is 12.0. The second kappa shape index (κ2) is 8.02. The topological polar surface area (TPSA) is 70.4 Å². The van der Waals surface area contributed by atoms with E-state index in [1.54, 1.807) is 20.8 Å². The average molecular weight is 437 g/mol. The van der Waals surface area contributed by atoms with E-state index in [0.717, 1.165) is 19.2 Å². The molecule has 0 aliphatic rings. The van der Waals surface area contributed by atoms with Gasteiger partial charge in [0.15, 0.2) is 6.61 Å². The fourth-order valence-corrected chi connectivity index (χ4v) is 2.52. The molecule has 0 atom stereocenters. The highest BCUT2D eigenvalue weighted by atomic mass is 35.5. The minimum Gasteiger partial charge on any atom is -0.480 e. The summed E-state index contributed by atoms with van der Waals surface area (Å²) in [6.45, 7) is 4.40. The summed E-state index contributed by atoms with van der Waals surface area (Å²) in [6, 6.07) is 1.79. The van der Waals surface area contributed by atoms with Crippen LogP contribution in [-0.4, -0.2) is 27.7 Å². The molecule has 6 nitrogen and oxygen atoms in total. The van der Waals surface area contributed by atoms with Gasteiger partial charge in [0.1, 0.15) is 28.6 Å². The van der Waals surface area contributed by atoms with Crippen molar-refractivity contribution in [3.63, 3.8) is 0 Å². The van der Waals surface area contributed by atoms with Crippen LogP contribution in [0.1, 0.15) is 26.5 Å². The Kier molecular flexibility index (Phi) is 6.27. The fourth-order valence-electron chi connectivity index (χ4n) is 2.31. The Morgan fingerprint density at radius 3 is 2.41 bits per heavy atom. The van der Waals surface area contributed by atoms with Gasteiger partial charge < -0.3 is 14.0 Å². The van der Waals surface area contributed by atoms with Crippen LogP contribution < -0.4 is 10.3 Å². The van der Waals surface area contributed by atoms with Gasteiger partial charge in [0.25, 0.3) is 5.56 Å². The van der Waals surface area contributed by atoms with Gasteiger partial charge in [-0.05, 0) is 32.9 Å². The number of ether oxygens (including phenoxy) is 2. The van der Waals surface area contributed by atoms with E-state index in [0.29, 0.717) is 10.8 Å². The van der Waals surface area contributed by atoms with Gasteiger partial charge >= 0.3 is 12.1 Å². The molecule has 0 N–H and O–H groups in total. The first-order chi connectivity index (χ1) is 13.2. The van der Waals surface area contributed by atoms with Crippen LogP contribution in [0.4, 0.5) is 17.6 Å². The largest absolute Gasteiger partial charge is 0.480 e. The van der Waals surface area contributed by atoms with Crippen LogP contribution in [0, 0.1) is 5.82 Å². The molecule has 0 amide bonds. The number of hydrogen-bond acceptors (Lipinski definition) is 5. The maximum Gasteiger partial charge on any atom is 0.433 e. The number of rotatable bonds is 4. The molecular weight excluding hydrogens is 420 g/mol. The number of carbonyl (C=O) groups excluding carboxylic acids is 1. The molecule has 1 heterocycles. The highest BCUT2D eigenvalue weighted by Gasteiger charge is 2.35. The maximum atomic E-state index is 14.3. The molecular formula is C18H17ClF4N2O4. The molecule has 1 aromatic heterocycles. The predicted octanol–water partition coefficient (Wildman–Crippen LogP) is 3.98. The van der Waals surface area contributed by atoms with E-state index in [9.17, 15) is 27.2 Å². The third kappa shape index (κ3) is 5.47. The summed E-state index contributed by atoms with van der Waals surface area (Å²) in [7, 11) is 0.893. The maximum absolute atomic E-state index is 14.3. The van der Waals surface area contributed by atoms with Crippen molar-refractivity contribution in [1.29, 1.82) is 0 Å². The molecule has 0 bridgehead atoms. The number of nitrogens with zero attached hydrogens (tertiary/aromatic N) is 2. The van der Waals surface area contributed by atoms with Crippen molar-refractivity contribution in [2.24, 2.45) is 7.05 Å². The molecule has 11 heteroatoms. The molecule has 0 fully saturated rings. The minimum absolute atomic E-state index is 0.169. The SMILES string of the molecule is Cn1c(C(F)(F)F)cnc(-c2cc(OCC(=O)OC(C)(C)C)c(Cl)cc2F)c1=O. The van der Waals surface area contributed by atoms with Crippen molar-refractivity contribution in [2.45, 2.75) is 32.5 Å². The number of aromatic nitrogens is 2. The van der Waals surface area contributed by atoms with Gasteiger partial charge in [-0.3, -0.25) is 4.79 Å². The van der Waals surface area contributed by atoms with Gasteiger partial charge in [-0.2, -0.15) is 13.2 Å². The van der Waals surface area contributed by atoms with Gasteiger partial charge in [-0.1, -0.05) is 11.6 Å². The van der Waals surface area contributed by atoms with Crippen molar-refractivity contribution >= 4 is 17.6 Å². The number of halogens is 5. The predicted molar refractivity (Wildman–Crippen MR) is 96.2 cm³/mol. The van der Waals surface area contributed by atoms with Crippen LogP contribution in [0.3, 0.4) is 0 Å². The summed E-state index contributed by atoms with van der Waals surface area (Å²) in [6.07, 6.45) is -4.38. The van der Waals surface area contributed by atoms with Crippen LogP contribution >= 0.6 is 11.6 Å². The number of alkyl halides is 3. The Hall–Kier alpha value is -2.62. The molecule has 2 aromatic rings. The van der Waals surface area contributed by atoms with Crippen LogP contribution in [0.2, 0.25) is 5.02 Å². The van der Waals surface area contributed by atoms with E-state index < -0.39 is 52.7 Å². The number of carbonyl (C=O) groups is 1. The number of hydrogen-bond donors (Lipinski definition) is 0. The van der Waals surface area contributed by atoms with E-state index >= 15 is 0 Å². The van der Waals surface area contributed by atoms with E-state index in [-0.39, 0.29) is 10.8 Å². The smallest absolute Gasteiger partial charge is 0.433 e. The zero-order valence-corrected chi connectivity index (χ0v) is 16.6. The Morgan fingerprint density at radius 2 is 1.86 bits per heavy atom. The molecule has 2 rings (SSSR count). The molecule has 0 spiro atoms. The lowest BCUT2D eigenvalue weighted by Crippen LogP contribution is -2.28. The van der Waals surface area contributed by atoms with E-state index in [2.05, 4.69) is 4.98 Å². The van der Waals surface area contributed by atoms with Gasteiger partial charge in [0, 0.05) is 12.6 Å². The van der Waals surface area contributed by atoms with Gasteiger partial charge in [0.2, 0.25) is 0 Å². The minimum atomic E-state index is -4.81. The molecule has 0 aliphatic heterocycles. The third-order valence-corrected chi connectivity index (χ3v) is 3.81. The van der Waals surface area contributed by atoms with Crippen molar-refractivity contribution in [3.8, 4) is 17.0 Å². The zero-order chi connectivity index (χ0) is 22.1. The Bertz CT molecular complexity index is 997. The standard InChI is InChI=1S/C18H17ClF4N2O4/c1-17(2,3)29-14(26)8-28-12-5-9(11(20)6-10(12)19)15-16(27)25(4)13(7-24-15)18(21,22)23/h5-7H,8H2,1-4H3. The van der Waals surface area contributed by atoms with E-state index in [1.807, 2.05) is 0 Å². The lowest BCUT2D eigenvalue weighted by atomic mass is 10.1. The zero-order valence-electron chi connectivity index (χ0n) is 15.9. The van der Waals surface area contributed by atoms with Gasteiger partial charge in [-0.25, -0.2) is 14.2 Å². The number of esters is 1. The second-order valence-corrected chi connectivity index (χ2v) is 7.40. The van der Waals surface area contributed by atoms with Crippen LogP contribution in [0.25, 0.3) is 11.3 Å². The van der Waals surface area contributed by atoms with E-state index in [4.69, 9.17) is 21.1 Å². The summed E-state index contributed by atoms with van der Waals surface area (Å²) in [5.41, 5.74) is -4.21. The molecule has 0 radical (unpaired) electrons. The summed E-state index contributed by atoms with van der Waals surface area (Å²) >= 11 is 5.89. The highest BCUT2D eigenvalue weighted by molar-refractivity contribution is 6.32. The molecule has 1 aromatic carbocycles. The molecule has 29 heavy (non-hydrogen) atoms. The summed E-state index contributed by atoms with van der Waals surface area (Å²) in [5, 5.41) is -0.210. The Balaban J connectivity index is 2.41.